The minimum atomic E-state index is -0.813. The average Bonchev–Trinajstić information content (AvgIpc) is 3.03. The van der Waals surface area contributed by atoms with Crippen molar-refractivity contribution >= 4 is 17.6 Å². The minimum Gasteiger partial charge on any atom is -0.321 e. The van der Waals surface area contributed by atoms with Crippen molar-refractivity contribution in [3.8, 4) is 0 Å². The molecule has 1 aliphatic heterocycles. The number of hydrogen-bond acceptors (Lipinski definition) is 3. The standard InChI is InChI=1S/C10H13N3O2/c11-6(5-1-2-5)7-12-8(14)10(3-4-10)9(15)13-7/h5-6H,1-4,11H2,(H,12,13,14,15). The summed E-state index contributed by atoms with van der Waals surface area (Å²) in [6.07, 6.45) is 3.39. The molecule has 0 radical (unpaired) electrons. The topological polar surface area (TPSA) is 84.5 Å². The van der Waals surface area contributed by atoms with Crippen molar-refractivity contribution in [1.29, 1.82) is 0 Å². The van der Waals surface area contributed by atoms with E-state index in [2.05, 4.69) is 10.3 Å². The molecule has 0 aromatic carbocycles. The van der Waals surface area contributed by atoms with Crippen molar-refractivity contribution in [2.45, 2.75) is 31.7 Å². The van der Waals surface area contributed by atoms with E-state index in [1.165, 1.54) is 0 Å². The summed E-state index contributed by atoms with van der Waals surface area (Å²) in [5, 5.41) is 2.69. The summed E-state index contributed by atoms with van der Waals surface area (Å²) < 4.78 is 0. The van der Waals surface area contributed by atoms with Crippen LogP contribution in [0.4, 0.5) is 0 Å². The second kappa shape index (κ2) is 2.66. The molecule has 0 aromatic heterocycles. The third-order valence-electron chi connectivity index (χ3n) is 3.50. The van der Waals surface area contributed by atoms with Crippen molar-refractivity contribution < 1.29 is 9.59 Å². The third kappa shape index (κ3) is 1.23. The molecule has 3 rings (SSSR count). The summed E-state index contributed by atoms with van der Waals surface area (Å²) in [6.45, 7) is 0. The Morgan fingerprint density at radius 1 is 1.40 bits per heavy atom. The van der Waals surface area contributed by atoms with Gasteiger partial charge >= 0.3 is 0 Å². The lowest BCUT2D eigenvalue weighted by molar-refractivity contribution is -0.135. The first-order valence-corrected chi connectivity index (χ1v) is 5.33. The number of aliphatic imine (C=N–C) groups is 1. The lowest BCUT2D eigenvalue weighted by atomic mass is 10.0. The zero-order chi connectivity index (χ0) is 10.6. The summed E-state index contributed by atoms with van der Waals surface area (Å²) in [6, 6.07) is -0.269. The van der Waals surface area contributed by atoms with Gasteiger partial charge in [0.2, 0.25) is 5.91 Å². The molecule has 3 N–H and O–H groups in total. The monoisotopic (exact) mass is 207 g/mol. The Morgan fingerprint density at radius 2 is 2.07 bits per heavy atom. The fourth-order valence-corrected chi connectivity index (χ4v) is 1.98. The summed E-state index contributed by atoms with van der Waals surface area (Å²) in [4.78, 5) is 27.3. The van der Waals surface area contributed by atoms with Gasteiger partial charge < -0.3 is 11.1 Å². The molecule has 1 unspecified atom stereocenters. The smallest absolute Gasteiger partial charge is 0.263 e. The van der Waals surface area contributed by atoms with E-state index in [9.17, 15) is 9.59 Å². The van der Waals surface area contributed by atoms with Crippen molar-refractivity contribution in [1.82, 2.24) is 5.32 Å². The lowest BCUT2D eigenvalue weighted by Crippen LogP contribution is -2.52. The Balaban J connectivity index is 1.86. The van der Waals surface area contributed by atoms with Crippen LogP contribution in [-0.2, 0) is 9.59 Å². The first-order chi connectivity index (χ1) is 7.13. The maximum Gasteiger partial charge on any atom is 0.263 e. The van der Waals surface area contributed by atoms with E-state index in [4.69, 9.17) is 5.73 Å². The molecule has 15 heavy (non-hydrogen) atoms. The zero-order valence-electron chi connectivity index (χ0n) is 8.32. The molecule has 2 fully saturated rings. The predicted octanol–water partition coefficient (Wildman–Crippen LogP) is -0.441. The highest BCUT2D eigenvalue weighted by atomic mass is 16.2. The second-order valence-corrected chi connectivity index (χ2v) is 4.70. The van der Waals surface area contributed by atoms with Crippen LogP contribution in [0.5, 0.6) is 0 Å². The van der Waals surface area contributed by atoms with Gasteiger partial charge in [0, 0.05) is 0 Å². The Morgan fingerprint density at radius 3 is 2.53 bits per heavy atom. The summed E-state index contributed by atoms with van der Waals surface area (Å²) in [5.74, 6) is 0.279. The predicted molar refractivity (Wildman–Crippen MR) is 53.0 cm³/mol. The number of nitrogens with two attached hydrogens (primary N) is 1. The summed E-state index contributed by atoms with van der Waals surface area (Å²) >= 11 is 0. The fraction of sp³-hybridized carbons (Fsp3) is 0.700. The molecule has 5 heteroatoms. The van der Waals surface area contributed by atoms with Gasteiger partial charge in [-0.3, -0.25) is 9.59 Å². The van der Waals surface area contributed by atoms with Gasteiger partial charge in [0.1, 0.15) is 11.3 Å². The van der Waals surface area contributed by atoms with Crippen LogP contribution in [-0.4, -0.2) is 23.7 Å². The summed E-state index contributed by atoms with van der Waals surface area (Å²) in [7, 11) is 0. The Hall–Kier alpha value is -1.23. The number of nitrogens with zero attached hydrogens (tertiary/aromatic N) is 1. The van der Waals surface area contributed by atoms with E-state index >= 15 is 0 Å². The van der Waals surface area contributed by atoms with E-state index in [1.54, 1.807) is 0 Å². The molecule has 80 valence electrons. The molecule has 2 saturated carbocycles. The number of nitrogens with one attached hydrogen (secondary N) is 1. The Kier molecular flexibility index (Phi) is 1.60. The second-order valence-electron chi connectivity index (χ2n) is 4.70. The number of carbonyl (C=O) groups is 2. The fourth-order valence-electron chi connectivity index (χ4n) is 1.98. The van der Waals surface area contributed by atoms with Gasteiger partial charge in [0.25, 0.3) is 5.91 Å². The molecular weight excluding hydrogens is 194 g/mol. The number of amides is 2. The molecule has 0 saturated heterocycles. The molecule has 1 atom stereocenters. The van der Waals surface area contributed by atoms with Gasteiger partial charge in [-0.2, -0.15) is 4.99 Å². The van der Waals surface area contributed by atoms with Gasteiger partial charge in [0.05, 0.1) is 6.04 Å². The lowest BCUT2D eigenvalue weighted by Gasteiger charge is -2.22. The number of amidine groups is 1. The van der Waals surface area contributed by atoms with Crippen LogP contribution in [0.15, 0.2) is 4.99 Å². The van der Waals surface area contributed by atoms with Crippen molar-refractivity contribution in [2.24, 2.45) is 22.1 Å². The maximum atomic E-state index is 11.7. The van der Waals surface area contributed by atoms with Crippen LogP contribution < -0.4 is 11.1 Å². The van der Waals surface area contributed by atoms with Crippen LogP contribution in [0.2, 0.25) is 0 Å². The molecule has 0 bridgehead atoms. The number of hydrogen-bond donors (Lipinski definition) is 2. The van der Waals surface area contributed by atoms with Crippen molar-refractivity contribution in [3.05, 3.63) is 0 Å². The van der Waals surface area contributed by atoms with Crippen LogP contribution >= 0.6 is 0 Å². The van der Waals surface area contributed by atoms with Gasteiger partial charge in [-0.25, -0.2) is 0 Å². The molecule has 2 amide bonds. The third-order valence-corrected chi connectivity index (χ3v) is 3.50. The number of carbonyl (C=O) groups excluding carboxylic acids is 2. The normalized spacial score (nSPS) is 29.8. The Labute approximate surface area is 87.1 Å². The van der Waals surface area contributed by atoms with Crippen LogP contribution in [0, 0.1) is 11.3 Å². The van der Waals surface area contributed by atoms with Gasteiger partial charge in [-0.05, 0) is 31.6 Å². The molecular formula is C10H13N3O2. The molecule has 1 heterocycles. The van der Waals surface area contributed by atoms with Gasteiger partial charge in [-0.15, -0.1) is 0 Å². The molecule has 3 aliphatic rings. The van der Waals surface area contributed by atoms with E-state index in [0.29, 0.717) is 24.6 Å². The quantitative estimate of drug-likeness (QED) is 0.602. The SMILES string of the molecule is NC(C1=NC(=O)C2(CC2)C(=O)N1)C1CC1. The largest absolute Gasteiger partial charge is 0.321 e. The first-order valence-electron chi connectivity index (χ1n) is 5.33. The molecule has 2 aliphatic carbocycles. The van der Waals surface area contributed by atoms with Crippen molar-refractivity contribution in [2.75, 3.05) is 0 Å². The van der Waals surface area contributed by atoms with Gasteiger partial charge in [0.15, 0.2) is 0 Å². The molecule has 5 nitrogen and oxygen atoms in total. The zero-order valence-corrected chi connectivity index (χ0v) is 8.32. The first kappa shape index (κ1) is 9.03. The highest BCUT2D eigenvalue weighted by Gasteiger charge is 2.59. The molecule has 0 aromatic rings. The van der Waals surface area contributed by atoms with Crippen LogP contribution in [0.25, 0.3) is 0 Å². The van der Waals surface area contributed by atoms with Gasteiger partial charge in [-0.1, -0.05) is 0 Å². The minimum absolute atomic E-state index is 0.200. The summed E-state index contributed by atoms with van der Waals surface area (Å²) in [5.41, 5.74) is 5.08. The van der Waals surface area contributed by atoms with Crippen molar-refractivity contribution in [3.63, 3.8) is 0 Å². The van der Waals surface area contributed by atoms with Crippen LogP contribution in [0.1, 0.15) is 25.7 Å². The van der Waals surface area contributed by atoms with Crippen LogP contribution in [0.3, 0.4) is 0 Å². The van der Waals surface area contributed by atoms with E-state index in [0.717, 1.165) is 12.8 Å². The average molecular weight is 207 g/mol. The highest BCUT2D eigenvalue weighted by Crippen LogP contribution is 2.48. The molecule has 1 spiro atoms. The maximum absolute atomic E-state index is 11.7. The Bertz CT molecular complexity index is 380. The highest BCUT2D eigenvalue weighted by molar-refractivity contribution is 6.21. The van der Waals surface area contributed by atoms with E-state index in [1.807, 2.05) is 0 Å². The van der Waals surface area contributed by atoms with E-state index in [-0.39, 0.29) is 17.9 Å². The number of rotatable bonds is 2. The van der Waals surface area contributed by atoms with E-state index < -0.39 is 5.41 Å².